The number of hydrogen-bond acceptors (Lipinski definition) is 3. The summed E-state index contributed by atoms with van der Waals surface area (Å²) in [5, 5.41) is 9.49. The van der Waals surface area contributed by atoms with Gasteiger partial charge in [-0.3, -0.25) is 9.78 Å². The first-order valence-corrected chi connectivity index (χ1v) is 5.53. The molecular formula is C13H13FN2O2. The van der Waals surface area contributed by atoms with Gasteiger partial charge in [-0.1, -0.05) is 0 Å². The molecule has 1 heterocycles. The summed E-state index contributed by atoms with van der Waals surface area (Å²) in [4.78, 5) is 17.4. The topological polar surface area (TPSA) is 53.4 Å². The van der Waals surface area contributed by atoms with E-state index in [1.54, 1.807) is 19.2 Å². The van der Waals surface area contributed by atoms with Crippen molar-refractivity contribution < 1.29 is 14.3 Å². The second kappa shape index (κ2) is 5.10. The number of fused-ring (bicyclic) bond motifs is 1. The number of aliphatic hydroxyl groups excluding tert-OH is 1. The lowest BCUT2D eigenvalue weighted by Gasteiger charge is -2.15. The first-order valence-electron chi connectivity index (χ1n) is 5.53. The highest BCUT2D eigenvalue weighted by atomic mass is 19.1. The molecule has 2 rings (SSSR count). The van der Waals surface area contributed by atoms with Gasteiger partial charge in [0.25, 0.3) is 5.91 Å². The summed E-state index contributed by atoms with van der Waals surface area (Å²) in [5.74, 6) is -0.575. The number of halogens is 1. The summed E-state index contributed by atoms with van der Waals surface area (Å²) in [7, 11) is 1.60. The minimum Gasteiger partial charge on any atom is -0.395 e. The number of pyridine rings is 1. The number of aromatic nitrogens is 1. The molecule has 1 N–H and O–H groups in total. The molecular weight excluding hydrogens is 235 g/mol. The van der Waals surface area contributed by atoms with Crippen molar-refractivity contribution in [2.24, 2.45) is 0 Å². The van der Waals surface area contributed by atoms with Crippen LogP contribution in [0.15, 0.2) is 30.5 Å². The van der Waals surface area contributed by atoms with Gasteiger partial charge in [0.15, 0.2) is 0 Å². The number of amides is 1. The summed E-state index contributed by atoms with van der Waals surface area (Å²) < 4.78 is 13.0. The third-order valence-corrected chi connectivity index (χ3v) is 2.68. The lowest BCUT2D eigenvalue weighted by Crippen LogP contribution is -2.29. The van der Waals surface area contributed by atoms with Crippen LogP contribution in [0.5, 0.6) is 0 Å². The van der Waals surface area contributed by atoms with Gasteiger partial charge in [-0.15, -0.1) is 0 Å². The molecule has 4 nitrogen and oxygen atoms in total. The third-order valence-electron chi connectivity index (χ3n) is 2.68. The van der Waals surface area contributed by atoms with Crippen LogP contribution >= 0.6 is 0 Å². The molecule has 0 atom stereocenters. The predicted octanol–water partition coefficient (Wildman–Crippen LogP) is 1.44. The van der Waals surface area contributed by atoms with Crippen molar-refractivity contribution in [1.82, 2.24) is 9.88 Å². The van der Waals surface area contributed by atoms with E-state index in [-0.39, 0.29) is 24.9 Å². The van der Waals surface area contributed by atoms with E-state index in [9.17, 15) is 9.18 Å². The zero-order chi connectivity index (χ0) is 13.1. The maximum Gasteiger partial charge on any atom is 0.255 e. The Morgan fingerprint density at radius 2 is 2.22 bits per heavy atom. The molecule has 0 unspecified atom stereocenters. The van der Waals surface area contributed by atoms with E-state index in [0.717, 1.165) is 0 Å². The first-order chi connectivity index (χ1) is 8.61. The largest absolute Gasteiger partial charge is 0.395 e. The zero-order valence-electron chi connectivity index (χ0n) is 9.93. The smallest absolute Gasteiger partial charge is 0.255 e. The van der Waals surface area contributed by atoms with E-state index in [1.807, 2.05) is 0 Å². The zero-order valence-corrected chi connectivity index (χ0v) is 9.93. The molecule has 0 saturated carbocycles. The maximum atomic E-state index is 13.0. The van der Waals surface area contributed by atoms with Crippen LogP contribution in [0.4, 0.5) is 4.39 Å². The maximum absolute atomic E-state index is 13.0. The molecule has 0 saturated heterocycles. The molecule has 2 aromatic rings. The Labute approximate surface area is 104 Å². The number of benzene rings is 1. The fourth-order valence-electron chi connectivity index (χ4n) is 1.68. The summed E-state index contributed by atoms with van der Waals surface area (Å²) in [6.07, 6.45) is 1.41. The second-order valence-electron chi connectivity index (χ2n) is 4.01. The first kappa shape index (κ1) is 12.4. The number of aliphatic hydroxyl groups is 1. The lowest BCUT2D eigenvalue weighted by molar-refractivity contribution is 0.0767. The fourth-order valence-corrected chi connectivity index (χ4v) is 1.68. The molecule has 18 heavy (non-hydrogen) atoms. The summed E-state index contributed by atoms with van der Waals surface area (Å²) >= 11 is 0. The van der Waals surface area contributed by atoms with Crippen molar-refractivity contribution in [3.8, 4) is 0 Å². The van der Waals surface area contributed by atoms with Crippen LogP contribution in [0, 0.1) is 5.82 Å². The Morgan fingerprint density at radius 3 is 2.94 bits per heavy atom. The van der Waals surface area contributed by atoms with Gasteiger partial charge in [0.2, 0.25) is 0 Å². The Bertz CT molecular complexity index is 586. The molecule has 0 radical (unpaired) electrons. The highest BCUT2D eigenvalue weighted by molar-refractivity contribution is 5.97. The second-order valence-corrected chi connectivity index (χ2v) is 4.01. The monoisotopic (exact) mass is 248 g/mol. The summed E-state index contributed by atoms with van der Waals surface area (Å²) in [5.41, 5.74) is 0.932. The van der Waals surface area contributed by atoms with E-state index >= 15 is 0 Å². The third kappa shape index (κ3) is 2.46. The molecule has 1 amide bonds. The minimum absolute atomic E-state index is 0.0888. The molecule has 0 aliphatic heterocycles. The average Bonchev–Trinajstić information content (AvgIpc) is 2.37. The van der Waals surface area contributed by atoms with Crippen molar-refractivity contribution in [2.45, 2.75) is 0 Å². The van der Waals surface area contributed by atoms with Gasteiger partial charge in [0.05, 0.1) is 17.7 Å². The average molecular weight is 248 g/mol. The number of carbonyl (C=O) groups is 1. The Morgan fingerprint density at radius 1 is 1.44 bits per heavy atom. The summed E-state index contributed by atoms with van der Waals surface area (Å²) in [6.45, 7) is 0.175. The van der Waals surface area contributed by atoms with Crippen molar-refractivity contribution in [3.63, 3.8) is 0 Å². The van der Waals surface area contributed by atoms with Crippen LogP contribution in [0.2, 0.25) is 0 Å². The normalized spacial score (nSPS) is 10.6. The molecule has 5 heteroatoms. The quantitative estimate of drug-likeness (QED) is 0.894. The van der Waals surface area contributed by atoms with E-state index < -0.39 is 0 Å². The van der Waals surface area contributed by atoms with Gasteiger partial charge < -0.3 is 10.0 Å². The van der Waals surface area contributed by atoms with Crippen molar-refractivity contribution in [3.05, 3.63) is 41.8 Å². The molecule has 0 aliphatic rings. The molecule has 94 valence electrons. The van der Waals surface area contributed by atoms with Crippen LogP contribution in [0.25, 0.3) is 10.9 Å². The van der Waals surface area contributed by atoms with Crippen LogP contribution in [0.3, 0.4) is 0 Å². The highest BCUT2D eigenvalue weighted by Crippen LogP contribution is 2.15. The van der Waals surface area contributed by atoms with Crippen molar-refractivity contribution >= 4 is 16.8 Å². The van der Waals surface area contributed by atoms with Crippen LogP contribution in [-0.2, 0) is 0 Å². The SMILES string of the molecule is CN(CCO)C(=O)c1cnc2cc(F)ccc2c1. The van der Waals surface area contributed by atoms with Crippen LogP contribution in [-0.4, -0.2) is 41.1 Å². The van der Waals surface area contributed by atoms with Crippen molar-refractivity contribution in [1.29, 1.82) is 0 Å². The standard InChI is InChI=1S/C13H13FN2O2/c1-16(4-5-17)13(18)10-6-9-2-3-11(14)7-12(9)15-8-10/h2-3,6-8,17H,4-5H2,1H3. The van der Waals surface area contributed by atoms with Gasteiger partial charge in [-0.2, -0.15) is 0 Å². The van der Waals surface area contributed by atoms with Gasteiger partial charge in [-0.05, 0) is 18.2 Å². The number of hydrogen-bond donors (Lipinski definition) is 1. The van der Waals surface area contributed by atoms with Crippen LogP contribution < -0.4 is 0 Å². The molecule has 0 bridgehead atoms. The Balaban J connectivity index is 2.35. The fraction of sp³-hybridized carbons (Fsp3) is 0.231. The lowest BCUT2D eigenvalue weighted by atomic mass is 10.1. The Kier molecular flexibility index (Phi) is 3.53. The van der Waals surface area contributed by atoms with Gasteiger partial charge in [0.1, 0.15) is 5.82 Å². The summed E-state index contributed by atoms with van der Waals surface area (Å²) in [6, 6.07) is 5.90. The molecule has 0 fully saturated rings. The van der Waals surface area contributed by atoms with E-state index in [0.29, 0.717) is 16.5 Å². The van der Waals surface area contributed by atoms with Crippen molar-refractivity contribution in [2.75, 3.05) is 20.2 Å². The molecule has 0 spiro atoms. The van der Waals surface area contributed by atoms with E-state index in [2.05, 4.69) is 4.98 Å². The van der Waals surface area contributed by atoms with Gasteiger partial charge in [0, 0.05) is 31.2 Å². The van der Waals surface area contributed by atoms with Crippen LogP contribution in [0.1, 0.15) is 10.4 Å². The van der Waals surface area contributed by atoms with Gasteiger partial charge >= 0.3 is 0 Å². The number of carbonyl (C=O) groups excluding carboxylic acids is 1. The number of nitrogens with zero attached hydrogens (tertiary/aromatic N) is 2. The Hall–Kier alpha value is -2.01. The highest BCUT2D eigenvalue weighted by Gasteiger charge is 2.12. The van der Waals surface area contributed by atoms with Gasteiger partial charge in [-0.25, -0.2) is 4.39 Å². The number of rotatable bonds is 3. The number of likely N-dealkylation sites (N-methyl/N-ethyl adjacent to an activating group) is 1. The molecule has 1 aromatic carbocycles. The van der Waals surface area contributed by atoms with E-state index in [1.165, 1.54) is 23.2 Å². The predicted molar refractivity (Wildman–Crippen MR) is 65.7 cm³/mol. The molecule has 0 aliphatic carbocycles. The van der Waals surface area contributed by atoms with E-state index in [4.69, 9.17) is 5.11 Å². The molecule has 1 aromatic heterocycles. The minimum atomic E-state index is -0.355.